The first kappa shape index (κ1) is 20.7. The van der Waals surface area contributed by atoms with Crippen LogP contribution in [0.15, 0.2) is 40.9 Å². The molecule has 1 amide bonds. The Labute approximate surface area is 181 Å². The monoisotopic (exact) mass is 426 g/mol. The first-order chi connectivity index (χ1) is 14.6. The molecule has 30 heavy (non-hydrogen) atoms. The number of carbonyl (C=O) groups is 1. The third-order valence-corrected chi connectivity index (χ3v) is 5.77. The van der Waals surface area contributed by atoms with Gasteiger partial charge in [0.15, 0.2) is 0 Å². The van der Waals surface area contributed by atoms with Gasteiger partial charge in [-0.25, -0.2) is 4.98 Å². The molecule has 2 aromatic heterocycles. The lowest BCUT2D eigenvalue weighted by molar-refractivity contribution is 0.0564. The van der Waals surface area contributed by atoms with Crippen LogP contribution in [-0.2, 0) is 12.8 Å². The number of nitrogens with zero attached hydrogens (tertiary/aromatic N) is 3. The Balaban J connectivity index is 1.49. The van der Waals surface area contributed by atoms with Crippen LogP contribution in [0, 0.1) is 0 Å². The molecule has 1 fully saturated rings. The molecule has 1 aliphatic heterocycles. The fourth-order valence-electron chi connectivity index (χ4n) is 3.95. The number of carbonyl (C=O) groups excluding carboxylic acids is 1. The molecule has 0 aliphatic carbocycles. The first-order valence-electron chi connectivity index (χ1n) is 10.7. The Morgan fingerprint density at radius 2 is 2.23 bits per heavy atom. The second-order valence-corrected chi connectivity index (χ2v) is 8.30. The van der Waals surface area contributed by atoms with Crippen LogP contribution < -0.4 is 0 Å². The van der Waals surface area contributed by atoms with Gasteiger partial charge in [-0.05, 0) is 55.9 Å². The minimum atomic E-state index is -0.157. The molecule has 1 atom stereocenters. The number of hydrogen-bond acceptors (Lipinski definition) is 4. The van der Waals surface area contributed by atoms with Crippen molar-refractivity contribution in [1.29, 1.82) is 0 Å². The number of benzene rings is 1. The molecule has 3 aromatic rings. The van der Waals surface area contributed by atoms with Gasteiger partial charge in [0.2, 0.25) is 5.89 Å². The third-order valence-electron chi connectivity index (χ3n) is 5.54. The van der Waals surface area contributed by atoms with Gasteiger partial charge in [0.1, 0.15) is 17.5 Å². The number of amides is 1. The number of aromatic amines is 1. The van der Waals surface area contributed by atoms with Gasteiger partial charge in [0.05, 0.1) is 6.20 Å². The molecule has 6 nitrogen and oxygen atoms in total. The number of aromatic nitrogens is 3. The van der Waals surface area contributed by atoms with Crippen molar-refractivity contribution in [2.24, 2.45) is 0 Å². The number of hydrogen-bond donors (Lipinski definition) is 1. The predicted octanol–water partition coefficient (Wildman–Crippen LogP) is 5.35. The van der Waals surface area contributed by atoms with Crippen molar-refractivity contribution in [3.8, 4) is 0 Å². The summed E-state index contributed by atoms with van der Waals surface area (Å²) in [4.78, 5) is 19.5. The SMILES string of the molecule is CCCCc1cc(C(=O)N2CCCC[C@H]2c2ncc(Cc3cccc(Cl)c3)o2)n[nH]1. The van der Waals surface area contributed by atoms with Gasteiger partial charge in [-0.1, -0.05) is 37.1 Å². The topological polar surface area (TPSA) is 75.0 Å². The lowest BCUT2D eigenvalue weighted by Crippen LogP contribution is -2.38. The van der Waals surface area contributed by atoms with E-state index in [1.54, 1.807) is 6.20 Å². The van der Waals surface area contributed by atoms with Crippen molar-refractivity contribution in [3.05, 3.63) is 70.2 Å². The van der Waals surface area contributed by atoms with Crippen molar-refractivity contribution in [1.82, 2.24) is 20.1 Å². The fourth-order valence-corrected chi connectivity index (χ4v) is 4.16. The van der Waals surface area contributed by atoms with E-state index in [0.29, 0.717) is 29.6 Å². The lowest BCUT2D eigenvalue weighted by Gasteiger charge is -2.33. The summed E-state index contributed by atoms with van der Waals surface area (Å²) < 4.78 is 6.07. The number of aryl methyl sites for hydroxylation is 1. The number of likely N-dealkylation sites (tertiary alicyclic amines) is 1. The second-order valence-electron chi connectivity index (χ2n) is 7.86. The molecule has 7 heteroatoms. The number of unbranched alkanes of at least 4 members (excludes halogenated alkanes) is 1. The maximum absolute atomic E-state index is 13.2. The Morgan fingerprint density at radius 3 is 3.07 bits per heavy atom. The quantitative estimate of drug-likeness (QED) is 0.552. The Hall–Kier alpha value is -2.60. The van der Waals surface area contributed by atoms with Gasteiger partial charge in [-0.15, -0.1) is 0 Å². The zero-order valence-corrected chi connectivity index (χ0v) is 18.0. The smallest absolute Gasteiger partial charge is 0.275 e. The summed E-state index contributed by atoms with van der Waals surface area (Å²) in [5, 5.41) is 7.97. The van der Waals surface area contributed by atoms with E-state index >= 15 is 0 Å². The highest BCUT2D eigenvalue weighted by Gasteiger charge is 2.33. The molecule has 1 aromatic carbocycles. The average molecular weight is 427 g/mol. The van der Waals surface area contributed by atoms with Gasteiger partial charge in [0.25, 0.3) is 5.91 Å². The predicted molar refractivity (Wildman–Crippen MR) is 116 cm³/mol. The number of rotatable bonds is 7. The van der Waals surface area contributed by atoms with Gasteiger partial charge >= 0.3 is 0 Å². The van der Waals surface area contributed by atoms with Crippen molar-refractivity contribution in [2.45, 2.75) is 57.9 Å². The normalized spacial score (nSPS) is 16.7. The summed E-state index contributed by atoms with van der Waals surface area (Å²) in [6.45, 7) is 2.84. The molecular formula is C23H27ClN4O2. The first-order valence-corrected chi connectivity index (χ1v) is 11.1. The minimum absolute atomic E-state index is 0.0618. The van der Waals surface area contributed by atoms with E-state index in [1.165, 1.54) is 0 Å². The summed E-state index contributed by atoms with van der Waals surface area (Å²) in [7, 11) is 0. The molecule has 0 unspecified atom stereocenters. The molecule has 158 valence electrons. The summed E-state index contributed by atoms with van der Waals surface area (Å²) in [5.41, 5.74) is 2.55. The van der Waals surface area contributed by atoms with E-state index in [0.717, 1.165) is 55.5 Å². The van der Waals surface area contributed by atoms with Crippen molar-refractivity contribution >= 4 is 17.5 Å². The fraction of sp³-hybridized carbons (Fsp3) is 0.435. The van der Waals surface area contributed by atoms with Crippen LogP contribution in [0.2, 0.25) is 5.02 Å². The van der Waals surface area contributed by atoms with E-state index in [9.17, 15) is 4.79 Å². The van der Waals surface area contributed by atoms with Crippen LogP contribution in [0.25, 0.3) is 0 Å². The minimum Gasteiger partial charge on any atom is -0.443 e. The third kappa shape index (κ3) is 4.75. The van der Waals surface area contributed by atoms with Gasteiger partial charge in [0, 0.05) is 23.7 Å². The summed E-state index contributed by atoms with van der Waals surface area (Å²) in [5.74, 6) is 1.31. The molecule has 0 radical (unpaired) electrons. The highest BCUT2D eigenvalue weighted by atomic mass is 35.5. The highest BCUT2D eigenvalue weighted by molar-refractivity contribution is 6.30. The van der Waals surface area contributed by atoms with E-state index < -0.39 is 0 Å². The van der Waals surface area contributed by atoms with Crippen LogP contribution in [0.5, 0.6) is 0 Å². The average Bonchev–Trinajstić information content (AvgIpc) is 3.41. The zero-order chi connectivity index (χ0) is 20.9. The number of H-pyrrole nitrogens is 1. The molecule has 0 bridgehead atoms. The van der Waals surface area contributed by atoms with Crippen LogP contribution >= 0.6 is 11.6 Å². The van der Waals surface area contributed by atoms with Crippen molar-refractivity contribution in [3.63, 3.8) is 0 Å². The number of nitrogens with one attached hydrogen (secondary N) is 1. The maximum atomic E-state index is 13.2. The molecular weight excluding hydrogens is 400 g/mol. The molecule has 1 N–H and O–H groups in total. The highest BCUT2D eigenvalue weighted by Crippen LogP contribution is 2.32. The maximum Gasteiger partial charge on any atom is 0.275 e. The molecule has 1 aliphatic rings. The number of halogens is 1. The van der Waals surface area contributed by atoms with E-state index in [2.05, 4.69) is 22.1 Å². The van der Waals surface area contributed by atoms with Gasteiger partial charge in [-0.3, -0.25) is 9.89 Å². The second kappa shape index (κ2) is 9.47. The van der Waals surface area contributed by atoms with Crippen LogP contribution in [-0.4, -0.2) is 32.5 Å². The van der Waals surface area contributed by atoms with Gasteiger partial charge in [-0.2, -0.15) is 5.10 Å². The van der Waals surface area contributed by atoms with E-state index in [4.69, 9.17) is 16.0 Å². The Morgan fingerprint density at radius 1 is 1.33 bits per heavy atom. The van der Waals surface area contributed by atoms with Crippen molar-refractivity contribution in [2.75, 3.05) is 6.54 Å². The lowest BCUT2D eigenvalue weighted by atomic mass is 10.0. The van der Waals surface area contributed by atoms with Gasteiger partial charge < -0.3 is 9.32 Å². The number of oxazole rings is 1. The molecule has 0 spiro atoms. The largest absolute Gasteiger partial charge is 0.443 e. The zero-order valence-electron chi connectivity index (χ0n) is 17.2. The van der Waals surface area contributed by atoms with Crippen LogP contribution in [0.4, 0.5) is 0 Å². The number of piperidine rings is 1. The molecule has 3 heterocycles. The Kier molecular flexibility index (Phi) is 6.53. The van der Waals surface area contributed by atoms with E-state index in [1.807, 2.05) is 35.2 Å². The standard InChI is InChI=1S/C23H27ClN4O2/c1-2-3-9-18-14-20(27-26-18)23(29)28-11-5-4-10-21(28)22-25-15-19(30-22)13-16-7-6-8-17(24)12-16/h6-8,12,14-15,21H,2-5,9-11,13H2,1H3,(H,26,27)/t21-/m0/s1. The van der Waals surface area contributed by atoms with Crippen LogP contribution in [0.3, 0.4) is 0 Å². The van der Waals surface area contributed by atoms with E-state index in [-0.39, 0.29) is 11.9 Å². The van der Waals surface area contributed by atoms with Crippen molar-refractivity contribution < 1.29 is 9.21 Å². The molecule has 0 saturated carbocycles. The summed E-state index contributed by atoms with van der Waals surface area (Å²) in [6.07, 6.45) is 8.34. The Bertz CT molecular complexity index is 997. The van der Waals surface area contributed by atoms with Crippen LogP contribution in [0.1, 0.15) is 78.5 Å². The summed E-state index contributed by atoms with van der Waals surface area (Å²) >= 11 is 6.08. The molecule has 1 saturated heterocycles. The molecule has 4 rings (SSSR count). The summed E-state index contributed by atoms with van der Waals surface area (Å²) in [6, 6.07) is 9.44.